The average molecular weight is 360 g/mol. The lowest BCUT2D eigenvalue weighted by molar-refractivity contribution is 0.182. The Hall–Kier alpha value is -1.22. The van der Waals surface area contributed by atoms with Gasteiger partial charge in [0, 0.05) is 19.4 Å². The van der Waals surface area contributed by atoms with Crippen molar-refractivity contribution >= 4 is 22.6 Å². The van der Waals surface area contributed by atoms with E-state index in [9.17, 15) is 4.79 Å². The van der Waals surface area contributed by atoms with Crippen LogP contribution >= 0.6 is 22.6 Å². The van der Waals surface area contributed by atoms with Crippen molar-refractivity contribution in [1.29, 1.82) is 0 Å². The lowest BCUT2D eigenvalue weighted by Gasteiger charge is -2.06. The average Bonchev–Trinajstić information content (AvgIpc) is 2.67. The predicted octanol–water partition coefficient (Wildman–Crippen LogP) is 0.988. The highest BCUT2D eigenvalue weighted by molar-refractivity contribution is 14.1. The van der Waals surface area contributed by atoms with E-state index in [0.717, 1.165) is 15.2 Å². The van der Waals surface area contributed by atoms with E-state index in [-0.39, 0.29) is 5.56 Å². The van der Waals surface area contributed by atoms with Crippen molar-refractivity contribution in [2.24, 2.45) is 0 Å². The molecule has 0 fully saturated rings. The fourth-order valence-corrected chi connectivity index (χ4v) is 2.23. The summed E-state index contributed by atoms with van der Waals surface area (Å²) in [6, 6.07) is 1.55. The van der Waals surface area contributed by atoms with Crippen molar-refractivity contribution in [3.8, 4) is 5.69 Å². The van der Waals surface area contributed by atoms with Crippen LogP contribution in [0.3, 0.4) is 0 Å². The van der Waals surface area contributed by atoms with Crippen molar-refractivity contribution in [2.75, 3.05) is 13.7 Å². The maximum absolute atomic E-state index is 11.8. The maximum Gasteiger partial charge on any atom is 0.268 e. The van der Waals surface area contributed by atoms with Gasteiger partial charge in [-0.05, 0) is 29.5 Å². The van der Waals surface area contributed by atoms with Crippen LogP contribution in [0.25, 0.3) is 5.69 Å². The van der Waals surface area contributed by atoms with Gasteiger partial charge in [0.25, 0.3) is 5.56 Å². The van der Waals surface area contributed by atoms with Gasteiger partial charge in [0.1, 0.15) is 9.53 Å². The van der Waals surface area contributed by atoms with Crippen molar-refractivity contribution in [1.82, 2.24) is 19.3 Å². The van der Waals surface area contributed by atoms with Gasteiger partial charge < -0.3 is 9.30 Å². The number of nitrogens with zero attached hydrogens (tertiary/aromatic N) is 4. The Labute approximate surface area is 118 Å². The lowest BCUT2D eigenvalue weighted by atomic mass is 10.4. The molecule has 0 N–H and O–H groups in total. The summed E-state index contributed by atoms with van der Waals surface area (Å²) >= 11 is 2.13. The summed E-state index contributed by atoms with van der Waals surface area (Å²) in [5, 5.41) is 4.12. The molecule has 0 aromatic carbocycles. The number of hydrogen-bond donors (Lipinski definition) is 0. The molecule has 0 spiro atoms. The molecule has 18 heavy (non-hydrogen) atoms. The van der Waals surface area contributed by atoms with Crippen LogP contribution in [0.2, 0.25) is 0 Å². The van der Waals surface area contributed by atoms with E-state index in [1.54, 1.807) is 19.4 Å². The fraction of sp³-hybridized carbons (Fsp3) is 0.364. The molecule has 2 heterocycles. The van der Waals surface area contributed by atoms with Crippen LogP contribution in [0.15, 0.2) is 23.3 Å². The number of hydrogen-bond acceptors (Lipinski definition) is 4. The molecule has 0 bridgehead atoms. The third kappa shape index (κ3) is 2.78. The van der Waals surface area contributed by atoms with Crippen molar-refractivity contribution in [3.05, 3.63) is 38.3 Å². The van der Waals surface area contributed by atoms with E-state index < -0.39 is 0 Å². The van der Waals surface area contributed by atoms with Crippen molar-refractivity contribution < 1.29 is 4.74 Å². The number of ether oxygens (including phenoxy) is 1. The molecule has 0 aliphatic rings. The van der Waals surface area contributed by atoms with Gasteiger partial charge in [0.05, 0.1) is 25.0 Å². The minimum Gasteiger partial charge on any atom is -0.383 e. The second-order valence-corrected chi connectivity index (χ2v) is 4.85. The minimum absolute atomic E-state index is 0.146. The zero-order chi connectivity index (χ0) is 13.1. The largest absolute Gasteiger partial charge is 0.383 e. The monoisotopic (exact) mass is 360 g/mol. The van der Waals surface area contributed by atoms with Gasteiger partial charge in [-0.2, -0.15) is 5.10 Å². The van der Waals surface area contributed by atoms with E-state index in [4.69, 9.17) is 4.74 Å². The Morgan fingerprint density at radius 3 is 2.83 bits per heavy atom. The van der Waals surface area contributed by atoms with Crippen LogP contribution in [0, 0.1) is 10.6 Å². The Morgan fingerprint density at radius 1 is 1.50 bits per heavy atom. The summed E-state index contributed by atoms with van der Waals surface area (Å²) < 4.78 is 9.03. The molecular weight excluding hydrogens is 347 g/mol. The Bertz CT molecular complexity index is 605. The number of imidazole rings is 1. The first-order chi connectivity index (χ1) is 8.61. The Kier molecular flexibility index (Phi) is 4.12. The zero-order valence-electron chi connectivity index (χ0n) is 10.1. The van der Waals surface area contributed by atoms with E-state index in [0.29, 0.717) is 13.2 Å². The number of rotatable bonds is 4. The predicted molar refractivity (Wildman–Crippen MR) is 74.9 cm³/mol. The summed E-state index contributed by atoms with van der Waals surface area (Å²) in [4.78, 5) is 16.1. The van der Waals surface area contributed by atoms with Crippen molar-refractivity contribution in [3.63, 3.8) is 0 Å². The van der Waals surface area contributed by atoms with Crippen LogP contribution in [0.5, 0.6) is 0 Å². The van der Waals surface area contributed by atoms with Gasteiger partial charge in [0.2, 0.25) is 0 Å². The van der Waals surface area contributed by atoms with Gasteiger partial charge in [-0.15, -0.1) is 0 Å². The molecule has 0 saturated carbocycles. The second kappa shape index (κ2) is 5.61. The van der Waals surface area contributed by atoms with Crippen LogP contribution in [0.4, 0.5) is 0 Å². The van der Waals surface area contributed by atoms with E-state index >= 15 is 0 Å². The molecule has 2 aromatic heterocycles. The number of methoxy groups -OCH3 is 1. The lowest BCUT2D eigenvalue weighted by Crippen LogP contribution is -2.24. The molecule has 0 aliphatic carbocycles. The van der Waals surface area contributed by atoms with Gasteiger partial charge in [-0.1, -0.05) is 0 Å². The smallest absolute Gasteiger partial charge is 0.268 e. The summed E-state index contributed by atoms with van der Waals surface area (Å²) in [6.45, 7) is 2.81. The number of aryl methyl sites for hydroxylation is 1. The summed E-state index contributed by atoms with van der Waals surface area (Å²) in [6.07, 6.45) is 3.52. The molecule has 96 valence electrons. The molecule has 6 nitrogen and oxygen atoms in total. The quantitative estimate of drug-likeness (QED) is 0.763. The summed E-state index contributed by atoms with van der Waals surface area (Å²) in [5.74, 6) is 0.829. The maximum atomic E-state index is 11.8. The standard InChI is InChI=1S/C11H13IN4O2/c1-8-14-10(12)7-15(8)9-5-11(17)16(13-6-9)3-4-18-2/h5-7H,3-4H2,1-2H3. The first-order valence-electron chi connectivity index (χ1n) is 5.40. The molecule has 0 amide bonds. The Balaban J connectivity index is 2.34. The molecule has 0 atom stereocenters. The highest BCUT2D eigenvalue weighted by Crippen LogP contribution is 2.10. The van der Waals surface area contributed by atoms with Crippen molar-refractivity contribution in [2.45, 2.75) is 13.5 Å². The highest BCUT2D eigenvalue weighted by atomic mass is 127. The second-order valence-electron chi connectivity index (χ2n) is 3.75. The van der Waals surface area contributed by atoms with E-state index in [2.05, 4.69) is 32.7 Å². The third-order valence-corrected chi connectivity index (χ3v) is 3.01. The van der Waals surface area contributed by atoms with Crippen LogP contribution in [0.1, 0.15) is 5.82 Å². The summed E-state index contributed by atoms with van der Waals surface area (Å²) in [5.41, 5.74) is 0.578. The minimum atomic E-state index is -0.146. The molecule has 7 heteroatoms. The van der Waals surface area contributed by atoms with E-state index in [1.807, 2.05) is 17.7 Å². The first kappa shape index (κ1) is 13.2. The topological polar surface area (TPSA) is 61.9 Å². The molecule has 0 unspecified atom stereocenters. The molecule has 2 rings (SSSR count). The SMILES string of the molecule is COCCn1ncc(-n2cc(I)nc2C)cc1=O. The summed E-state index contributed by atoms with van der Waals surface area (Å²) in [7, 11) is 1.59. The van der Waals surface area contributed by atoms with Crippen LogP contribution in [-0.4, -0.2) is 33.0 Å². The molecule has 0 aliphatic heterocycles. The van der Waals surface area contributed by atoms with E-state index in [1.165, 1.54) is 4.68 Å². The third-order valence-electron chi connectivity index (χ3n) is 2.49. The first-order valence-corrected chi connectivity index (χ1v) is 6.47. The Morgan fingerprint density at radius 2 is 2.28 bits per heavy atom. The van der Waals surface area contributed by atoms with Crippen LogP contribution in [-0.2, 0) is 11.3 Å². The van der Waals surface area contributed by atoms with Crippen LogP contribution < -0.4 is 5.56 Å². The van der Waals surface area contributed by atoms with Gasteiger partial charge in [-0.3, -0.25) is 4.79 Å². The number of halogens is 1. The zero-order valence-corrected chi connectivity index (χ0v) is 12.3. The molecule has 0 radical (unpaired) electrons. The number of aromatic nitrogens is 4. The van der Waals surface area contributed by atoms with Gasteiger partial charge >= 0.3 is 0 Å². The molecule has 0 saturated heterocycles. The molecule has 2 aromatic rings. The normalized spacial score (nSPS) is 10.8. The fourth-order valence-electron chi connectivity index (χ4n) is 1.60. The van der Waals surface area contributed by atoms with Gasteiger partial charge in [-0.25, -0.2) is 9.67 Å². The molecular formula is C11H13IN4O2. The highest BCUT2D eigenvalue weighted by Gasteiger charge is 2.06. The van der Waals surface area contributed by atoms with Gasteiger partial charge in [0.15, 0.2) is 0 Å².